The highest BCUT2D eigenvalue weighted by atomic mass is 15.0. The lowest BCUT2D eigenvalue weighted by molar-refractivity contribution is 0.750. The summed E-state index contributed by atoms with van der Waals surface area (Å²) in [6, 6.07) is 40.0. The minimum atomic E-state index is 0.166. The van der Waals surface area contributed by atoms with Crippen molar-refractivity contribution in [1.29, 1.82) is 0 Å². The van der Waals surface area contributed by atoms with Gasteiger partial charge in [0.1, 0.15) is 0 Å². The molecule has 1 N–H and O–H groups in total. The highest BCUT2D eigenvalue weighted by molar-refractivity contribution is 6.16. The first-order valence-electron chi connectivity index (χ1n) is 28.6. The van der Waals surface area contributed by atoms with Crippen LogP contribution in [0.25, 0.3) is 62.7 Å². The SMILES string of the molecule is C=C.C=C(N=C(C1C=CC=CC1)C1C=Cc2c(cccc2-n2c3c(c4c5c6c(n(-c7ccccc7)c5ccc42)CCC2=C6CCC=C2)C(C)CC=C3)C1)c1ccc2c(c1)C=CCC2C.CC.CCNC.Cc1ccccc1. The van der Waals surface area contributed by atoms with Crippen molar-refractivity contribution in [3.8, 4) is 11.4 Å². The van der Waals surface area contributed by atoms with Crippen molar-refractivity contribution in [1.82, 2.24) is 14.5 Å². The van der Waals surface area contributed by atoms with Gasteiger partial charge in [-0.1, -0.05) is 186 Å². The molecule has 0 saturated carbocycles. The van der Waals surface area contributed by atoms with Gasteiger partial charge in [0.2, 0.25) is 0 Å². The molecule has 7 aromatic rings. The molecule has 0 saturated heterocycles. The van der Waals surface area contributed by atoms with Gasteiger partial charge in [0.15, 0.2) is 0 Å². The molecule has 0 bridgehead atoms. The van der Waals surface area contributed by atoms with E-state index in [0.29, 0.717) is 11.8 Å². The number of hydrogen-bond acceptors (Lipinski definition) is 2. The van der Waals surface area contributed by atoms with Crippen molar-refractivity contribution in [3.63, 3.8) is 0 Å². The maximum atomic E-state index is 5.47. The number of fused-ring (bicyclic) bond motifs is 10. The van der Waals surface area contributed by atoms with Crippen LogP contribution in [0.1, 0.15) is 141 Å². The van der Waals surface area contributed by atoms with E-state index in [-0.39, 0.29) is 11.8 Å². The third-order valence-corrected chi connectivity index (χ3v) is 16.1. The summed E-state index contributed by atoms with van der Waals surface area (Å²) in [4.78, 5) is 5.47. The average molecular weight is 1010 g/mol. The Hall–Kier alpha value is -7.53. The molecule has 4 atom stereocenters. The number of aromatic nitrogens is 2. The van der Waals surface area contributed by atoms with Crippen molar-refractivity contribution in [2.75, 3.05) is 13.6 Å². The number of hydrogen-bond donors (Lipinski definition) is 1. The summed E-state index contributed by atoms with van der Waals surface area (Å²) < 4.78 is 5.21. The lowest BCUT2D eigenvalue weighted by Crippen LogP contribution is -2.26. The van der Waals surface area contributed by atoms with Gasteiger partial charge in [-0.25, -0.2) is 0 Å². The minimum Gasteiger partial charge on any atom is -0.320 e. The van der Waals surface area contributed by atoms with Gasteiger partial charge in [-0.3, -0.25) is 4.99 Å². The molecule has 392 valence electrons. The van der Waals surface area contributed by atoms with Crippen LogP contribution in [0.3, 0.4) is 0 Å². The van der Waals surface area contributed by atoms with Gasteiger partial charge in [0, 0.05) is 56.4 Å². The Kier molecular flexibility index (Phi) is 17.7. The molecule has 6 aliphatic carbocycles. The Morgan fingerprint density at radius 1 is 0.688 bits per heavy atom. The number of aliphatic imine (C=N–C) groups is 1. The number of para-hydroxylation sites is 1. The second kappa shape index (κ2) is 25.1. The number of rotatable bonds is 7. The van der Waals surface area contributed by atoms with Crippen LogP contribution in [0, 0.1) is 18.8 Å². The van der Waals surface area contributed by atoms with E-state index in [1.165, 1.54) is 94.8 Å². The van der Waals surface area contributed by atoms with Gasteiger partial charge in [-0.05, 0) is 160 Å². The molecule has 0 radical (unpaired) electrons. The zero-order chi connectivity index (χ0) is 54.0. The Balaban J connectivity index is 0.000000428. The fourth-order valence-corrected chi connectivity index (χ4v) is 12.4. The second-order valence-corrected chi connectivity index (χ2v) is 20.9. The molecule has 13 rings (SSSR count). The number of nitrogens with zero attached hydrogens (tertiary/aromatic N) is 3. The first-order valence-corrected chi connectivity index (χ1v) is 28.6. The largest absolute Gasteiger partial charge is 0.320 e. The topological polar surface area (TPSA) is 34.2 Å². The maximum Gasteiger partial charge on any atom is 0.0630 e. The smallest absolute Gasteiger partial charge is 0.0630 e. The lowest BCUT2D eigenvalue weighted by Gasteiger charge is -2.28. The van der Waals surface area contributed by atoms with Crippen molar-refractivity contribution in [2.24, 2.45) is 16.8 Å². The van der Waals surface area contributed by atoms with Crippen LogP contribution in [-0.2, 0) is 12.8 Å². The fourth-order valence-electron chi connectivity index (χ4n) is 12.4. The monoisotopic (exact) mass is 1010 g/mol. The van der Waals surface area contributed by atoms with Gasteiger partial charge in [0.25, 0.3) is 0 Å². The normalized spacial score (nSPS) is 19.2. The summed E-state index contributed by atoms with van der Waals surface area (Å²) in [5, 5.41) is 5.82. The van der Waals surface area contributed by atoms with Crippen LogP contribution in [0.2, 0.25) is 0 Å². The number of allylic oxidation sites excluding steroid dienone is 11. The van der Waals surface area contributed by atoms with Gasteiger partial charge in [-0.2, -0.15) is 0 Å². The summed E-state index contributed by atoms with van der Waals surface area (Å²) in [5.74, 6) is 1.34. The summed E-state index contributed by atoms with van der Waals surface area (Å²) in [6.07, 6.45) is 36.4. The summed E-state index contributed by atoms with van der Waals surface area (Å²) in [7, 11) is 1.93. The van der Waals surface area contributed by atoms with E-state index in [4.69, 9.17) is 4.99 Å². The third kappa shape index (κ3) is 10.9. The standard InChI is InChI=1S/C59H53N3.C7H8.C3H9N.C2H6.C2H4/c1-37-15-12-20-43-35-42(27-30-47(37)43)39(3)60-59(41-18-6-4-7-19-41)45-28-31-48-44(36-45)21-14-25-50(48)62-51-26-13-16-38(2)55(51)57-54(62)34-33-53-58(57)56-49-24-11-10-17-40(49)29-32-52(56)61(53)46-22-8-5-9-23-46;1-7-5-3-2-4-6-7;1-3-4-2;2*1-2/h4-10,12-14,17-18,20-23,25-28,30-31,33-35,37-38,41,45H,3,11,15-16,19,24,29,32,36H2,1-2H3;2-6H,1H3;4H,3H2,1-2H3;1-2H3;1-2H2. The van der Waals surface area contributed by atoms with Gasteiger partial charge in [0.05, 0.1) is 28.1 Å². The van der Waals surface area contributed by atoms with Crippen molar-refractivity contribution >= 4 is 57.0 Å². The molecule has 0 aliphatic heterocycles. The number of aryl methyl sites for hydroxylation is 1. The molecule has 4 unspecified atom stereocenters. The quantitative estimate of drug-likeness (QED) is 0.125. The number of nitrogens with one attached hydrogen (secondary N) is 1. The van der Waals surface area contributed by atoms with Crippen molar-refractivity contribution in [2.45, 2.75) is 105 Å². The molecular formula is C73H80N4. The highest BCUT2D eigenvalue weighted by Gasteiger charge is 2.33. The third-order valence-electron chi connectivity index (χ3n) is 16.1. The van der Waals surface area contributed by atoms with E-state index in [2.05, 4.69) is 226 Å². The van der Waals surface area contributed by atoms with E-state index < -0.39 is 0 Å². The summed E-state index contributed by atoms with van der Waals surface area (Å²) in [5.41, 5.74) is 23.9. The Labute approximate surface area is 460 Å². The molecule has 0 fully saturated rings. The Morgan fingerprint density at radius 3 is 2.13 bits per heavy atom. The predicted octanol–water partition coefficient (Wildman–Crippen LogP) is 19.1. The first-order chi connectivity index (χ1) is 37.8. The van der Waals surface area contributed by atoms with Crippen molar-refractivity contribution < 1.29 is 0 Å². The van der Waals surface area contributed by atoms with E-state index >= 15 is 0 Å². The molecule has 2 aromatic heterocycles. The van der Waals surface area contributed by atoms with E-state index in [1.54, 1.807) is 5.57 Å². The Morgan fingerprint density at radius 2 is 1.42 bits per heavy atom. The van der Waals surface area contributed by atoms with Crippen LogP contribution in [0.5, 0.6) is 0 Å². The van der Waals surface area contributed by atoms with Gasteiger partial charge >= 0.3 is 0 Å². The van der Waals surface area contributed by atoms with Gasteiger partial charge in [-0.15, -0.1) is 13.2 Å². The average Bonchev–Trinajstić information content (AvgIpc) is 4.17. The van der Waals surface area contributed by atoms with Gasteiger partial charge < -0.3 is 14.5 Å². The zero-order valence-electron chi connectivity index (χ0n) is 47.0. The van der Waals surface area contributed by atoms with Crippen LogP contribution >= 0.6 is 0 Å². The molecule has 4 nitrogen and oxygen atoms in total. The number of benzene rings is 5. The molecular weight excluding hydrogens is 933 g/mol. The summed E-state index contributed by atoms with van der Waals surface area (Å²) in [6.45, 7) is 24.6. The van der Waals surface area contributed by atoms with Crippen LogP contribution in [0.15, 0.2) is 194 Å². The Bertz CT molecular complexity index is 3500. The van der Waals surface area contributed by atoms with E-state index in [1.807, 2.05) is 39.1 Å². The van der Waals surface area contributed by atoms with E-state index in [9.17, 15) is 0 Å². The maximum absolute atomic E-state index is 5.47. The molecule has 2 heterocycles. The molecule has 4 heteroatoms. The fraction of sp³-hybridized carbons (Fsp3) is 0.274. The van der Waals surface area contributed by atoms with Crippen LogP contribution in [-0.4, -0.2) is 28.4 Å². The lowest BCUT2D eigenvalue weighted by atomic mass is 9.79. The minimum absolute atomic E-state index is 0.166. The molecule has 5 aromatic carbocycles. The molecule has 77 heavy (non-hydrogen) atoms. The second-order valence-electron chi connectivity index (χ2n) is 20.9. The molecule has 0 amide bonds. The summed E-state index contributed by atoms with van der Waals surface area (Å²) >= 11 is 0. The van der Waals surface area contributed by atoms with Crippen molar-refractivity contribution in [3.05, 3.63) is 245 Å². The predicted molar refractivity (Wildman–Crippen MR) is 337 cm³/mol. The van der Waals surface area contributed by atoms with E-state index in [0.717, 1.165) is 69.2 Å². The molecule has 0 spiro atoms. The first kappa shape index (κ1) is 54.3. The highest BCUT2D eigenvalue weighted by Crippen LogP contribution is 2.50. The van der Waals surface area contributed by atoms with Crippen LogP contribution in [0.4, 0.5) is 0 Å². The van der Waals surface area contributed by atoms with Crippen LogP contribution < -0.4 is 5.32 Å². The zero-order valence-corrected chi connectivity index (χ0v) is 47.0. The molecule has 6 aliphatic rings.